The van der Waals surface area contributed by atoms with E-state index in [1.54, 1.807) is 0 Å². The van der Waals surface area contributed by atoms with Gasteiger partial charge in [-0.2, -0.15) is 0 Å². The smallest absolute Gasteiger partial charge is 0.328 e. The molecule has 1 rings (SSSR count). The van der Waals surface area contributed by atoms with Crippen molar-refractivity contribution in [3.63, 3.8) is 0 Å². The molecule has 0 saturated carbocycles. The van der Waals surface area contributed by atoms with Crippen molar-refractivity contribution in [3.05, 3.63) is 21.9 Å². The van der Waals surface area contributed by atoms with Crippen molar-refractivity contribution in [1.29, 1.82) is 0 Å². The third kappa shape index (κ3) is 1.35. The van der Waals surface area contributed by atoms with Crippen molar-refractivity contribution < 1.29 is 9.90 Å². The molecule has 0 radical (unpaired) electrons. The van der Waals surface area contributed by atoms with Crippen LogP contribution in [0.5, 0.6) is 0 Å². The minimum absolute atomic E-state index is 0.718. The van der Waals surface area contributed by atoms with Crippen molar-refractivity contribution in [2.75, 3.05) is 0 Å². The van der Waals surface area contributed by atoms with Gasteiger partial charge in [-0.3, -0.25) is 0 Å². The summed E-state index contributed by atoms with van der Waals surface area (Å²) in [6.07, 6.45) is 0. The summed E-state index contributed by atoms with van der Waals surface area (Å²) < 4.78 is 0. The van der Waals surface area contributed by atoms with Crippen molar-refractivity contribution in [1.82, 2.24) is 0 Å². The first kappa shape index (κ1) is 9.22. The monoisotopic (exact) mass is 185 g/mol. The van der Waals surface area contributed by atoms with E-state index in [0.717, 1.165) is 10.4 Å². The van der Waals surface area contributed by atoms with Crippen LogP contribution in [0.4, 0.5) is 0 Å². The normalized spacial score (nSPS) is 15.6. The van der Waals surface area contributed by atoms with Crippen LogP contribution >= 0.6 is 11.3 Å². The van der Waals surface area contributed by atoms with Crippen molar-refractivity contribution in [2.24, 2.45) is 5.73 Å². The molecule has 12 heavy (non-hydrogen) atoms. The second kappa shape index (κ2) is 2.88. The summed E-state index contributed by atoms with van der Waals surface area (Å²) in [4.78, 5) is 11.5. The van der Waals surface area contributed by atoms with Crippen LogP contribution in [0.2, 0.25) is 0 Å². The zero-order valence-corrected chi connectivity index (χ0v) is 7.81. The fraction of sp³-hybridized carbons (Fsp3) is 0.375. The van der Waals surface area contributed by atoms with Crippen LogP contribution < -0.4 is 5.73 Å². The van der Waals surface area contributed by atoms with E-state index in [1.165, 1.54) is 18.3 Å². The SMILES string of the molecule is Cc1ccsc1[C@@](C)(N)C(=O)O. The summed E-state index contributed by atoms with van der Waals surface area (Å²) in [5, 5.41) is 10.7. The predicted octanol–water partition coefficient (Wildman–Crippen LogP) is 1.32. The number of hydrogen-bond acceptors (Lipinski definition) is 3. The number of aliphatic carboxylic acids is 1. The minimum Gasteiger partial charge on any atom is -0.480 e. The van der Waals surface area contributed by atoms with E-state index in [-0.39, 0.29) is 0 Å². The highest BCUT2D eigenvalue weighted by Crippen LogP contribution is 2.26. The number of nitrogens with two attached hydrogens (primary N) is 1. The highest BCUT2D eigenvalue weighted by Gasteiger charge is 2.32. The Bertz CT molecular complexity index is 304. The first-order valence-corrected chi connectivity index (χ1v) is 4.41. The van der Waals surface area contributed by atoms with Crippen molar-refractivity contribution >= 4 is 17.3 Å². The molecular weight excluding hydrogens is 174 g/mol. The van der Waals surface area contributed by atoms with Crippen LogP contribution in [0.1, 0.15) is 17.4 Å². The standard InChI is InChI=1S/C8H11NO2S/c1-5-3-4-12-6(5)8(2,9)7(10)11/h3-4H,9H2,1-2H3,(H,10,11)/t8-/m1/s1. The van der Waals surface area contributed by atoms with Gasteiger partial charge in [-0.15, -0.1) is 11.3 Å². The molecule has 0 aliphatic rings. The van der Waals surface area contributed by atoms with Crippen LogP contribution in [0.15, 0.2) is 11.4 Å². The lowest BCUT2D eigenvalue weighted by Crippen LogP contribution is -2.41. The minimum atomic E-state index is -1.25. The molecule has 4 heteroatoms. The van der Waals surface area contributed by atoms with Crippen molar-refractivity contribution in [3.8, 4) is 0 Å². The lowest BCUT2D eigenvalue weighted by atomic mass is 9.99. The Morgan fingerprint density at radius 3 is 2.67 bits per heavy atom. The second-order valence-electron chi connectivity index (χ2n) is 2.94. The van der Waals surface area contributed by atoms with Gasteiger partial charge in [0.1, 0.15) is 5.54 Å². The average molecular weight is 185 g/mol. The van der Waals surface area contributed by atoms with Crippen LogP contribution in [0.25, 0.3) is 0 Å². The van der Waals surface area contributed by atoms with Gasteiger partial charge in [-0.05, 0) is 30.9 Å². The fourth-order valence-electron chi connectivity index (χ4n) is 1.00. The molecule has 0 bridgehead atoms. The molecule has 0 unspecified atom stereocenters. The number of hydrogen-bond donors (Lipinski definition) is 2. The van der Waals surface area contributed by atoms with E-state index in [9.17, 15) is 4.79 Å². The topological polar surface area (TPSA) is 63.3 Å². The van der Waals surface area contributed by atoms with Crippen LogP contribution in [0, 0.1) is 6.92 Å². The van der Waals surface area contributed by atoms with Gasteiger partial charge in [0.25, 0.3) is 0 Å². The fourth-order valence-corrected chi connectivity index (χ4v) is 2.00. The molecule has 3 N–H and O–H groups in total. The second-order valence-corrected chi connectivity index (χ2v) is 3.86. The van der Waals surface area contributed by atoms with Gasteiger partial charge in [0.05, 0.1) is 0 Å². The van der Waals surface area contributed by atoms with Crippen molar-refractivity contribution in [2.45, 2.75) is 19.4 Å². The average Bonchev–Trinajstić information content (AvgIpc) is 2.35. The number of carboxylic acids is 1. The molecule has 1 aromatic rings. The molecule has 0 aliphatic heterocycles. The Morgan fingerprint density at radius 1 is 1.75 bits per heavy atom. The molecule has 1 aromatic heterocycles. The van der Waals surface area contributed by atoms with E-state index in [4.69, 9.17) is 10.8 Å². The first-order valence-electron chi connectivity index (χ1n) is 3.53. The maximum atomic E-state index is 10.8. The van der Waals surface area contributed by atoms with Crippen LogP contribution in [-0.2, 0) is 10.3 Å². The maximum absolute atomic E-state index is 10.8. The molecule has 3 nitrogen and oxygen atoms in total. The van der Waals surface area contributed by atoms with E-state index in [0.29, 0.717) is 0 Å². The zero-order chi connectivity index (χ0) is 9.35. The largest absolute Gasteiger partial charge is 0.480 e. The summed E-state index contributed by atoms with van der Waals surface area (Å²) in [5.41, 5.74) is 5.32. The molecule has 0 aliphatic carbocycles. The Kier molecular flexibility index (Phi) is 2.21. The third-order valence-electron chi connectivity index (χ3n) is 1.78. The molecule has 66 valence electrons. The van der Waals surface area contributed by atoms with E-state index in [2.05, 4.69) is 0 Å². The highest BCUT2D eigenvalue weighted by molar-refractivity contribution is 7.10. The van der Waals surface area contributed by atoms with Crippen LogP contribution in [0.3, 0.4) is 0 Å². The zero-order valence-electron chi connectivity index (χ0n) is 7.00. The number of carboxylic acid groups (broad SMARTS) is 1. The highest BCUT2D eigenvalue weighted by atomic mass is 32.1. The van der Waals surface area contributed by atoms with Gasteiger partial charge in [-0.25, -0.2) is 4.79 Å². The van der Waals surface area contributed by atoms with Gasteiger partial charge in [0.2, 0.25) is 0 Å². The van der Waals surface area contributed by atoms with Crippen LogP contribution in [-0.4, -0.2) is 11.1 Å². The molecule has 0 saturated heterocycles. The molecular formula is C8H11NO2S. The summed E-state index contributed by atoms with van der Waals surface area (Å²) in [6, 6.07) is 1.87. The first-order chi connectivity index (χ1) is 5.46. The Morgan fingerprint density at radius 2 is 2.33 bits per heavy atom. The van der Waals surface area contributed by atoms with E-state index >= 15 is 0 Å². The third-order valence-corrected chi connectivity index (χ3v) is 3.03. The summed E-state index contributed by atoms with van der Waals surface area (Å²) in [6.45, 7) is 3.37. The molecule has 0 amide bonds. The quantitative estimate of drug-likeness (QED) is 0.730. The number of carbonyl (C=O) groups is 1. The lowest BCUT2D eigenvalue weighted by Gasteiger charge is -2.18. The Hall–Kier alpha value is -0.870. The van der Waals surface area contributed by atoms with Gasteiger partial charge in [0.15, 0.2) is 0 Å². The molecule has 0 fully saturated rings. The predicted molar refractivity (Wildman–Crippen MR) is 48.2 cm³/mol. The Labute approximate surface area is 74.8 Å². The summed E-state index contributed by atoms with van der Waals surface area (Å²) >= 11 is 1.38. The van der Waals surface area contributed by atoms with E-state index < -0.39 is 11.5 Å². The molecule has 0 spiro atoms. The molecule has 0 aromatic carbocycles. The van der Waals surface area contributed by atoms with Gasteiger partial charge in [-0.1, -0.05) is 0 Å². The molecule has 1 heterocycles. The summed E-state index contributed by atoms with van der Waals surface area (Å²) in [5.74, 6) is -0.993. The van der Waals surface area contributed by atoms with E-state index in [1.807, 2.05) is 18.4 Å². The summed E-state index contributed by atoms with van der Waals surface area (Å²) in [7, 11) is 0. The van der Waals surface area contributed by atoms with Gasteiger partial charge >= 0.3 is 5.97 Å². The number of rotatable bonds is 2. The Balaban J connectivity index is 3.13. The molecule has 1 atom stereocenters. The number of thiophene rings is 1. The maximum Gasteiger partial charge on any atom is 0.328 e. The number of aryl methyl sites for hydroxylation is 1. The van der Waals surface area contributed by atoms with Gasteiger partial charge < -0.3 is 10.8 Å². The van der Waals surface area contributed by atoms with Gasteiger partial charge in [0, 0.05) is 4.88 Å². The lowest BCUT2D eigenvalue weighted by molar-refractivity contribution is -0.142.